The van der Waals surface area contributed by atoms with E-state index in [2.05, 4.69) is 4.98 Å². The van der Waals surface area contributed by atoms with E-state index in [0.29, 0.717) is 16.9 Å². The average molecular weight is 201 g/mol. The lowest BCUT2D eigenvalue weighted by atomic mass is 10.1. The van der Waals surface area contributed by atoms with Crippen LogP contribution >= 0.6 is 0 Å². The minimum atomic E-state index is -0.0215. The number of furan rings is 1. The Morgan fingerprint density at radius 1 is 1.27 bits per heavy atom. The molecule has 0 saturated carbocycles. The molecule has 0 aliphatic heterocycles. The monoisotopic (exact) mass is 201 g/mol. The molecule has 2 rings (SSSR count). The molecule has 2 aromatic heterocycles. The summed E-state index contributed by atoms with van der Waals surface area (Å²) in [5.41, 5.74) is 1.26. The predicted molar refractivity (Wildman–Crippen MR) is 55.9 cm³/mol. The van der Waals surface area contributed by atoms with E-state index >= 15 is 0 Å². The number of hydrogen-bond acceptors (Lipinski definition) is 3. The number of carbonyl (C=O) groups excluding carboxylic acids is 1. The van der Waals surface area contributed by atoms with E-state index in [9.17, 15) is 4.79 Å². The van der Waals surface area contributed by atoms with Crippen LogP contribution in [0.3, 0.4) is 0 Å². The van der Waals surface area contributed by atoms with Crippen LogP contribution in [-0.2, 0) is 0 Å². The maximum Gasteiger partial charge on any atom is 0.196 e. The molecule has 3 nitrogen and oxygen atoms in total. The van der Waals surface area contributed by atoms with E-state index < -0.39 is 0 Å². The zero-order valence-corrected chi connectivity index (χ0v) is 8.65. The molecule has 0 radical (unpaired) electrons. The Morgan fingerprint density at radius 3 is 2.47 bits per heavy atom. The molecule has 0 N–H and O–H groups in total. The van der Waals surface area contributed by atoms with Crippen LogP contribution in [0.1, 0.15) is 27.4 Å². The van der Waals surface area contributed by atoms with Crippen LogP contribution in [-0.4, -0.2) is 10.8 Å². The third-order valence-electron chi connectivity index (χ3n) is 2.23. The second kappa shape index (κ2) is 3.69. The molecule has 0 aliphatic rings. The zero-order valence-electron chi connectivity index (χ0n) is 8.65. The predicted octanol–water partition coefficient (Wildman–Crippen LogP) is 2.52. The smallest absolute Gasteiger partial charge is 0.196 e. The molecule has 2 heterocycles. The molecular weight excluding hydrogens is 190 g/mol. The first-order valence-electron chi connectivity index (χ1n) is 4.70. The number of nitrogens with zero attached hydrogens (tertiary/aromatic N) is 1. The Kier molecular flexibility index (Phi) is 2.37. The van der Waals surface area contributed by atoms with Crippen molar-refractivity contribution in [3.05, 3.63) is 53.2 Å². The summed E-state index contributed by atoms with van der Waals surface area (Å²) in [6, 6.07) is 5.16. The van der Waals surface area contributed by atoms with Gasteiger partial charge in [-0.2, -0.15) is 0 Å². The van der Waals surface area contributed by atoms with Crippen molar-refractivity contribution in [1.29, 1.82) is 0 Å². The van der Waals surface area contributed by atoms with Gasteiger partial charge in [0.1, 0.15) is 11.5 Å². The van der Waals surface area contributed by atoms with Gasteiger partial charge in [0.05, 0.1) is 5.56 Å². The first-order valence-corrected chi connectivity index (χ1v) is 4.70. The fourth-order valence-electron chi connectivity index (χ4n) is 1.52. The molecule has 0 aromatic carbocycles. The largest absolute Gasteiger partial charge is 0.466 e. The normalized spacial score (nSPS) is 10.3. The summed E-state index contributed by atoms with van der Waals surface area (Å²) in [4.78, 5) is 15.9. The summed E-state index contributed by atoms with van der Waals surface area (Å²) >= 11 is 0. The van der Waals surface area contributed by atoms with Crippen LogP contribution in [0.25, 0.3) is 0 Å². The Balaban J connectivity index is 2.41. The van der Waals surface area contributed by atoms with E-state index in [1.54, 1.807) is 37.5 Å². The first-order chi connectivity index (χ1) is 7.18. The topological polar surface area (TPSA) is 43.1 Å². The number of hydrogen-bond donors (Lipinski definition) is 0. The van der Waals surface area contributed by atoms with E-state index in [1.807, 2.05) is 6.92 Å². The van der Waals surface area contributed by atoms with Crippen molar-refractivity contribution >= 4 is 5.78 Å². The highest BCUT2D eigenvalue weighted by atomic mass is 16.3. The standard InChI is InChI=1S/C12H11NO2/c1-8-7-11(9(2)15-8)12(14)10-3-5-13-6-4-10/h3-7H,1-2H3. The van der Waals surface area contributed by atoms with E-state index in [1.165, 1.54) is 0 Å². The Labute approximate surface area is 87.8 Å². The van der Waals surface area contributed by atoms with Gasteiger partial charge in [-0.25, -0.2) is 0 Å². The van der Waals surface area contributed by atoms with Crippen molar-refractivity contribution in [2.75, 3.05) is 0 Å². The van der Waals surface area contributed by atoms with Crippen molar-refractivity contribution in [3.8, 4) is 0 Å². The van der Waals surface area contributed by atoms with Crippen molar-refractivity contribution in [3.63, 3.8) is 0 Å². The fourth-order valence-corrected chi connectivity index (χ4v) is 1.52. The molecule has 0 bridgehead atoms. The van der Waals surface area contributed by atoms with Crippen LogP contribution < -0.4 is 0 Å². The maximum absolute atomic E-state index is 12.0. The molecule has 0 saturated heterocycles. The van der Waals surface area contributed by atoms with Gasteiger partial charge in [0.15, 0.2) is 5.78 Å². The van der Waals surface area contributed by atoms with Gasteiger partial charge in [0.25, 0.3) is 0 Å². The average Bonchev–Trinajstić information content (AvgIpc) is 2.58. The number of aryl methyl sites for hydroxylation is 2. The highest BCUT2D eigenvalue weighted by Crippen LogP contribution is 2.17. The van der Waals surface area contributed by atoms with Crippen molar-refractivity contribution in [2.24, 2.45) is 0 Å². The summed E-state index contributed by atoms with van der Waals surface area (Å²) in [5.74, 6) is 1.39. The van der Waals surface area contributed by atoms with Crippen LogP contribution in [0.15, 0.2) is 35.0 Å². The molecule has 0 atom stereocenters. The Hall–Kier alpha value is -1.90. The molecular formula is C12H11NO2. The van der Waals surface area contributed by atoms with Crippen LogP contribution in [0.4, 0.5) is 0 Å². The minimum Gasteiger partial charge on any atom is -0.466 e. The third kappa shape index (κ3) is 1.81. The lowest BCUT2D eigenvalue weighted by molar-refractivity contribution is 0.103. The molecule has 0 aliphatic carbocycles. The van der Waals surface area contributed by atoms with E-state index in [0.717, 1.165) is 5.76 Å². The number of aromatic nitrogens is 1. The molecule has 0 spiro atoms. The third-order valence-corrected chi connectivity index (χ3v) is 2.23. The SMILES string of the molecule is Cc1cc(C(=O)c2ccncc2)c(C)o1. The lowest BCUT2D eigenvalue weighted by Gasteiger charge is -1.97. The molecule has 3 heteroatoms. The fraction of sp³-hybridized carbons (Fsp3) is 0.167. The Morgan fingerprint density at radius 2 is 1.93 bits per heavy atom. The van der Waals surface area contributed by atoms with E-state index in [4.69, 9.17) is 4.42 Å². The number of pyridine rings is 1. The summed E-state index contributed by atoms with van der Waals surface area (Å²) in [6.45, 7) is 3.62. The molecule has 0 unspecified atom stereocenters. The van der Waals surface area contributed by atoms with Crippen molar-refractivity contribution in [2.45, 2.75) is 13.8 Å². The summed E-state index contributed by atoms with van der Waals surface area (Å²) in [6.07, 6.45) is 3.21. The van der Waals surface area contributed by atoms with Crippen LogP contribution in [0.5, 0.6) is 0 Å². The van der Waals surface area contributed by atoms with Crippen molar-refractivity contribution < 1.29 is 9.21 Å². The van der Waals surface area contributed by atoms with Gasteiger partial charge in [-0.1, -0.05) is 0 Å². The Bertz CT molecular complexity index is 486. The van der Waals surface area contributed by atoms with Crippen molar-refractivity contribution in [1.82, 2.24) is 4.98 Å². The summed E-state index contributed by atoms with van der Waals surface area (Å²) in [7, 11) is 0. The molecule has 0 amide bonds. The van der Waals surface area contributed by atoms with Gasteiger partial charge in [0.2, 0.25) is 0 Å². The van der Waals surface area contributed by atoms with Crippen LogP contribution in [0, 0.1) is 13.8 Å². The zero-order chi connectivity index (χ0) is 10.8. The second-order valence-electron chi connectivity index (χ2n) is 3.39. The highest BCUT2D eigenvalue weighted by Gasteiger charge is 2.14. The lowest BCUT2D eigenvalue weighted by Crippen LogP contribution is -2.01. The highest BCUT2D eigenvalue weighted by molar-refractivity contribution is 6.09. The summed E-state index contributed by atoms with van der Waals surface area (Å²) in [5, 5.41) is 0. The molecule has 15 heavy (non-hydrogen) atoms. The van der Waals surface area contributed by atoms with Gasteiger partial charge < -0.3 is 4.42 Å². The minimum absolute atomic E-state index is 0.0215. The number of rotatable bonds is 2. The van der Waals surface area contributed by atoms with Crippen LogP contribution in [0.2, 0.25) is 0 Å². The van der Waals surface area contributed by atoms with Gasteiger partial charge in [0, 0.05) is 18.0 Å². The first kappa shape index (κ1) is 9.65. The number of ketones is 1. The summed E-state index contributed by atoms with van der Waals surface area (Å²) < 4.78 is 5.32. The quantitative estimate of drug-likeness (QED) is 0.701. The van der Waals surface area contributed by atoms with Gasteiger partial charge in [-0.15, -0.1) is 0 Å². The molecule has 2 aromatic rings. The molecule has 0 fully saturated rings. The molecule has 76 valence electrons. The van der Waals surface area contributed by atoms with E-state index in [-0.39, 0.29) is 5.78 Å². The second-order valence-corrected chi connectivity index (χ2v) is 3.39. The maximum atomic E-state index is 12.0. The van der Waals surface area contributed by atoms with Gasteiger partial charge in [-0.05, 0) is 32.0 Å². The van der Waals surface area contributed by atoms with Gasteiger partial charge in [-0.3, -0.25) is 9.78 Å². The van der Waals surface area contributed by atoms with Gasteiger partial charge >= 0.3 is 0 Å². The number of carbonyl (C=O) groups is 1.